The van der Waals surface area contributed by atoms with Crippen LogP contribution in [0.15, 0.2) is 127 Å². The van der Waals surface area contributed by atoms with Gasteiger partial charge in [0, 0.05) is 83.9 Å². The molecule has 2 aliphatic rings. The predicted octanol–water partition coefficient (Wildman–Crippen LogP) is 10.1. The summed E-state index contributed by atoms with van der Waals surface area (Å²) in [4.78, 5) is 186. The molecule has 0 aromatic heterocycles. The summed E-state index contributed by atoms with van der Waals surface area (Å²) >= 11 is 0. The first-order valence-electron chi connectivity index (χ1n) is 40.2. The van der Waals surface area contributed by atoms with Crippen LogP contribution in [0.4, 0.5) is 24.0 Å². The molecule has 2 saturated carbocycles. The molecule has 0 bridgehead atoms. The largest absolute Gasteiger partial charge is 0.508 e. The summed E-state index contributed by atoms with van der Waals surface area (Å²) in [7, 11) is 0. The van der Waals surface area contributed by atoms with Crippen molar-refractivity contribution in [1.29, 1.82) is 0 Å². The van der Waals surface area contributed by atoms with Gasteiger partial charge in [-0.1, -0.05) is 120 Å². The van der Waals surface area contributed by atoms with E-state index in [0.29, 0.717) is 58.0 Å². The van der Waals surface area contributed by atoms with Crippen LogP contribution in [0.2, 0.25) is 0 Å². The van der Waals surface area contributed by atoms with Crippen LogP contribution in [0.1, 0.15) is 145 Å². The van der Waals surface area contributed by atoms with E-state index in [2.05, 4.69) is 94.0 Å². The number of nitrogens with one attached hydrogen (secondary N) is 4. The highest BCUT2D eigenvalue weighted by molar-refractivity contribution is 5.85. The van der Waals surface area contributed by atoms with Gasteiger partial charge in [0.25, 0.3) is 0 Å². The van der Waals surface area contributed by atoms with Gasteiger partial charge in [-0.15, -0.1) is 0 Å². The molecule has 694 valence electrons. The first-order chi connectivity index (χ1) is 58.5. The van der Waals surface area contributed by atoms with Gasteiger partial charge in [0.15, 0.2) is 0 Å². The first kappa shape index (κ1) is 110. The van der Waals surface area contributed by atoms with Crippen LogP contribution < -0.4 is 21.3 Å². The molecule has 0 saturated heterocycles. The van der Waals surface area contributed by atoms with Gasteiger partial charge in [-0.05, 0) is 102 Å². The lowest BCUT2D eigenvalue weighted by molar-refractivity contribution is -0.170. The monoisotopic (exact) mass is 1760 g/mol. The minimum absolute atomic E-state index is 0.174. The highest BCUT2D eigenvalue weighted by Crippen LogP contribution is 2.43. The Morgan fingerprint density at radius 2 is 0.508 bits per heavy atom. The quantitative estimate of drug-likeness (QED) is 0.0190. The number of unbranched alkanes of at least 4 members (excludes halogenated alkanes) is 6. The third-order valence-corrected chi connectivity index (χ3v) is 18.7. The van der Waals surface area contributed by atoms with Crippen LogP contribution in [0.5, 0.6) is 0 Å². The van der Waals surface area contributed by atoms with E-state index in [0.717, 1.165) is 99.3 Å². The van der Waals surface area contributed by atoms with E-state index in [4.69, 9.17) is 85.3 Å². The fourth-order valence-electron chi connectivity index (χ4n) is 13.3. The molecule has 0 aromatic carbocycles. The number of rotatable bonds is 59. The maximum absolute atomic E-state index is 13.7. The number of hydrogen-bond donors (Lipinski definition) is 4. The Labute approximate surface area is 725 Å². The van der Waals surface area contributed by atoms with Gasteiger partial charge in [-0.3, -0.25) is 0 Å². The second kappa shape index (κ2) is 57.7. The van der Waals surface area contributed by atoms with Crippen molar-refractivity contribution in [2.24, 2.45) is 32.5 Å². The molecule has 0 spiro atoms. The first-order valence-corrected chi connectivity index (χ1v) is 40.2. The van der Waals surface area contributed by atoms with Crippen molar-refractivity contribution in [1.82, 2.24) is 21.3 Å². The number of alkyl carbamates (subject to hydrolysis) is 4. The fourth-order valence-corrected chi connectivity index (χ4v) is 13.3. The molecule has 4 atom stereocenters. The topological polar surface area (TPSA) is 470 Å². The van der Waals surface area contributed by atoms with E-state index in [1.54, 1.807) is 13.8 Å². The van der Waals surface area contributed by atoms with E-state index in [1.165, 1.54) is 0 Å². The van der Waals surface area contributed by atoms with E-state index in [-0.39, 0.29) is 36.7 Å². The predicted molar refractivity (Wildman–Crippen MR) is 446 cm³/mol. The minimum Gasteiger partial charge on any atom is -0.462 e. The van der Waals surface area contributed by atoms with Crippen molar-refractivity contribution >= 4 is 90.2 Å². The normalized spacial score (nSPS) is 16.7. The summed E-state index contributed by atoms with van der Waals surface area (Å²) in [5.41, 5.74) is -8.83. The van der Waals surface area contributed by atoms with Crippen LogP contribution in [0.3, 0.4) is 0 Å². The van der Waals surface area contributed by atoms with Crippen LogP contribution >= 0.6 is 0 Å². The molecular formula is C87H128N4O33. The molecule has 4 amide bonds. The van der Waals surface area contributed by atoms with E-state index < -0.39 is 235 Å². The SMILES string of the molecule is C=CC(=O)OCC(COCC(COC(=O)C=C)(COC(=O)C=C)COC(=O)NC1(C)CC(NC(=O)OCCCCCC)CC(C)(C)C1)(COC(=O)C=C)COC(=O)C=C.C=CC(=O)OCC(COCC(COC(=O)C=C)(COC(=O)C=C)COC(=O)NC1(C)CC(NC(=O)OCCCCCCOC(=O)OCC)CC(C)(C)C1)(COC(=O)C=C)COC(=O)C=C. The number of amides is 4. The summed E-state index contributed by atoms with van der Waals surface area (Å²) in [6.45, 7) is 41.7. The number of esters is 10. The molecule has 2 aliphatic carbocycles. The van der Waals surface area contributed by atoms with Gasteiger partial charge in [0.1, 0.15) is 79.3 Å². The molecule has 124 heavy (non-hydrogen) atoms. The molecule has 37 nitrogen and oxygen atoms in total. The summed E-state index contributed by atoms with van der Waals surface area (Å²) in [6.07, 6.45) is 14.7. The average molecular weight is 1760 g/mol. The van der Waals surface area contributed by atoms with Gasteiger partial charge in [0.05, 0.1) is 74.5 Å². The Morgan fingerprint density at radius 1 is 0.282 bits per heavy atom. The molecule has 0 radical (unpaired) electrons. The lowest BCUT2D eigenvalue weighted by Gasteiger charge is -2.46. The molecule has 2 fully saturated rings. The summed E-state index contributed by atoms with van der Waals surface area (Å²) in [5, 5.41) is 11.6. The second-order valence-corrected chi connectivity index (χ2v) is 32.1. The van der Waals surface area contributed by atoms with Gasteiger partial charge in [-0.25, -0.2) is 71.9 Å². The zero-order chi connectivity index (χ0) is 93.5. The Kier molecular flexibility index (Phi) is 51.3. The number of carbonyl (C=O) groups is 15. The summed E-state index contributed by atoms with van der Waals surface area (Å²) in [6, 6.07) is -0.734. The summed E-state index contributed by atoms with van der Waals surface area (Å²) < 4.78 is 97.0. The van der Waals surface area contributed by atoms with Gasteiger partial charge in [0.2, 0.25) is 0 Å². The van der Waals surface area contributed by atoms with Crippen molar-refractivity contribution in [2.45, 2.75) is 168 Å². The Balaban J connectivity index is 0.00000125. The lowest BCUT2D eigenvalue weighted by atomic mass is 9.67. The van der Waals surface area contributed by atoms with Crippen LogP contribution in [0, 0.1) is 32.5 Å². The zero-order valence-electron chi connectivity index (χ0n) is 73.0. The van der Waals surface area contributed by atoms with E-state index >= 15 is 0 Å². The standard InChI is InChI=1S/C45H66N2O18.C42H62N2O15/c1-10-34(48)60-27-44(28-61-35(49)11-2,29-62-36(50)12-3)25-56-26-45(30-63-37(51)13-4,31-64-38(52)14-5)32-65-40(54)47-43(9)23-33(22-42(7,8)24-43)46-39(53)58-20-18-16-17-19-21-59-41(55)57-15-6;1-10-16-17-18-19-53-37(50)43-31-20-39(7,8)22-40(9,21-31)44-38(51)59-30-42(28-57-35(48)14-5,29-58-36(49)15-6)24-52-23-41(25-54-32(45)11-2,26-55-33(46)12-3)27-56-34(47)13-4/h10-14,33H,1-5,15-32H2,6-9H3,(H,46,53)(H,47,54);11-15,31H,2-6,10,16-30H2,1,7-9H3,(H,43,50)(H,44,51). The summed E-state index contributed by atoms with van der Waals surface area (Å²) in [5.74, 6) is -8.61. The maximum Gasteiger partial charge on any atom is 0.508 e. The highest BCUT2D eigenvalue weighted by Gasteiger charge is 2.48. The fraction of sp³-hybridized carbons (Fsp3) is 0.598. The van der Waals surface area contributed by atoms with E-state index in [9.17, 15) is 71.9 Å². The molecular weight excluding hydrogens is 1630 g/mol. The lowest BCUT2D eigenvalue weighted by Crippen LogP contribution is -2.58. The van der Waals surface area contributed by atoms with Crippen LogP contribution in [-0.4, -0.2) is 246 Å². The third kappa shape index (κ3) is 47.1. The minimum atomic E-state index is -1.63. The van der Waals surface area contributed by atoms with Crippen molar-refractivity contribution in [2.75, 3.05) is 132 Å². The third-order valence-electron chi connectivity index (χ3n) is 18.7. The molecule has 4 unspecified atom stereocenters. The van der Waals surface area contributed by atoms with Gasteiger partial charge in [-0.2, -0.15) is 0 Å². The number of carbonyl (C=O) groups excluding carboxylic acids is 15. The van der Waals surface area contributed by atoms with Crippen molar-refractivity contribution in [3.05, 3.63) is 127 Å². The van der Waals surface area contributed by atoms with Gasteiger partial charge < -0.3 is 107 Å². The molecule has 0 heterocycles. The van der Waals surface area contributed by atoms with E-state index in [1.807, 2.05) is 34.6 Å². The molecule has 0 aromatic rings. The average Bonchev–Trinajstić information content (AvgIpc) is 0.798. The highest BCUT2D eigenvalue weighted by atomic mass is 16.7. The molecule has 4 N–H and O–H groups in total. The second-order valence-electron chi connectivity index (χ2n) is 32.1. The molecule has 37 heteroatoms. The van der Waals surface area contributed by atoms with Crippen molar-refractivity contribution in [3.8, 4) is 0 Å². The van der Waals surface area contributed by atoms with Crippen LogP contribution in [-0.2, 0) is 133 Å². The molecule has 0 aliphatic heterocycles. The molecule has 2 rings (SSSR count). The Bertz CT molecular complexity index is 3470. The number of ether oxygens (including phenoxy) is 18. The van der Waals surface area contributed by atoms with Crippen molar-refractivity contribution < 1.29 is 157 Å². The maximum atomic E-state index is 13.7. The van der Waals surface area contributed by atoms with Crippen molar-refractivity contribution in [3.63, 3.8) is 0 Å². The smallest absolute Gasteiger partial charge is 0.462 e. The Morgan fingerprint density at radius 3 is 0.734 bits per heavy atom. The zero-order valence-corrected chi connectivity index (χ0v) is 73.0. The number of hydrogen-bond acceptors (Lipinski definition) is 33. The Hall–Kier alpha value is -11.6. The van der Waals surface area contributed by atoms with Gasteiger partial charge >= 0.3 is 90.2 Å². The van der Waals surface area contributed by atoms with Crippen LogP contribution in [0.25, 0.3) is 0 Å².